The van der Waals surface area contributed by atoms with Crippen molar-refractivity contribution >= 4 is 5.97 Å². The summed E-state index contributed by atoms with van der Waals surface area (Å²) in [6, 6.07) is 6.04. The van der Waals surface area contributed by atoms with E-state index in [9.17, 15) is 9.90 Å². The van der Waals surface area contributed by atoms with Gasteiger partial charge in [0.2, 0.25) is 0 Å². The van der Waals surface area contributed by atoms with Crippen LogP contribution in [0.2, 0.25) is 0 Å². The molecule has 1 N–H and O–H groups in total. The molecule has 0 unspecified atom stereocenters. The molecule has 0 atom stereocenters. The fourth-order valence-corrected chi connectivity index (χ4v) is 0.950. The van der Waals surface area contributed by atoms with E-state index >= 15 is 0 Å². The van der Waals surface area contributed by atoms with Crippen molar-refractivity contribution in [2.75, 3.05) is 7.11 Å². The van der Waals surface area contributed by atoms with Crippen molar-refractivity contribution in [2.24, 2.45) is 0 Å². The molecule has 13 heavy (non-hydrogen) atoms. The van der Waals surface area contributed by atoms with Crippen LogP contribution >= 0.6 is 0 Å². The normalized spacial score (nSPS) is 8.92. The van der Waals surface area contributed by atoms with Gasteiger partial charge in [-0.05, 0) is 12.1 Å². The van der Waals surface area contributed by atoms with E-state index in [0.29, 0.717) is 0 Å². The quantitative estimate of drug-likeness (QED) is 0.651. The fourth-order valence-electron chi connectivity index (χ4n) is 0.950. The molecule has 4 nitrogen and oxygen atoms in total. The summed E-state index contributed by atoms with van der Waals surface area (Å²) >= 11 is 0. The molecule has 0 bridgehead atoms. The third-order valence-electron chi connectivity index (χ3n) is 1.55. The Hall–Kier alpha value is -2.02. The predicted molar refractivity (Wildman–Crippen MR) is 44.2 cm³/mol. The third-order valence-corrected chi connectivity index (χ3v) is 1.55. The van der Waals surface area contributed by atoms with Crippen molar-refractivity contribution in [2.45, 2.75) is 0 Å². The molecule has 0 aliphatic rings. The second kappa shape index (κ2) is 3.59. The number of esters is 1. The lowest BCUT2D eigenvalue weighted by atomic mass is 10.1. The third kappa shape index (κ3) is 1.59. The van der Waals surface area contributed by atoms with Gasteiger partial charge in [-0.25, -0.2) is 4.79 Å². The number of carbonyl (C=O) groups is 1. The Morgan fingerprint density at radius 1 is 1.62 bits per heavy atom. The molecule has 0 heterocycles. The first-order chi connectivity index (χ1) is 6.20. The van der Waals surface area contributed by atoms with E-state index < -0.39 is 5.97 Å². The topological polar surface area (TPSA) is 70.3 Å². The number of carbonyl (C=O) groups excluding carboxylic acids is 1. The Morgan fingerprint density at radius 3 is 2.85 bits per heavy atom. The molecule has 1 rings (SSSR count). The number of aromatic hydroxyl groups is 1. The van der Waals surface area contributed by atoms with Gasteiger partial charge in [-0.3, -0.25) is 0 Å². The van der Waals surface area contributed by atoms with Gasteiger partial charge >= 0.3 is 5.97 Å². The molecule has 4 heteroatoms. The Balaban J connectivity index is 3.33. The SMILES string of the molecule is COC(=O)c1c(O)cccc1C#N. The van der Waals surface area contributed by atoms with Gasteiger partial charge < -0.3 is 9.84 Å². The van der Waals surface area contributed by atoms with Gasteiger partial charge in [-0.1, -0.05) is 6.07 Å². The number of ether oxygens (including phenoxy) is 1. The van der Waals surface area contributed by atoms with Crippen molar-refractivity contribution in [3.63, 3.8) is 0 Å². The highest BCUT2D eigenvalue weighted by Gasteiger charge is 2.15. The molecule has 0 radical (unpaired) electrons. The molecule has 66 valence electrons. The van der Waals surface area contributed by atoms with Crippen LogP contribution in [-0.4, -0.2) is 18.2 Å². The summed E-state index contributed by atoms with van der Waals surface area (Å²) in [5.74, 6) is -0.958. The molecule has 0 amide bonds. The first-order valence-corrected chi connectivity index (χ1v) is 3.51. The van der Waals surface area contributed by atoms with Crippen LogP contribution in [0, 0.1) is 11.3 Å². The standard InChI is InChI=1S/C9H7NO3/c1-13-9(12)8-6(5-10)3-2-4-7(8)11/h2-4,11H,1H3. The molecule has 0 fully saturated rings. The van der Waals surface area contributed by atoms with E-state index in [1.54, 1.807) is 6.07 Å². The average molecular weight is 177 g/mol. The molecule has 0 aliphatic heterocycles. The molecular formula is C9H7NO3. The summed E-state index contributed by atoms with van der Waals surface area (Å²) in [5.41, 5.74) is 0.0133. The van der Waals surface area contributed by atoms with Gasteiger partial charge in [0, 0.05) is 0 Å². The molecule has 1 aromatic carbocycles. The van der Waals surface area contributed by atoms with Gasteiger partial charge in [-0.15, -0.1) is 0 Å². The summed E-state index contributed by atoms with van der Waals surface area (Å²) in [4.78, 5) is 11.1. The van der Waals surface area contributed by atoms with Gasteiger partial charge in [0.1, 0.15) is 17.4 Å². The minimum Gasteiger partial charge on any atom is -0.507 e. The number of phenolic OH excluding ortho intramolecular Hbond substituents is 1. The molecular weight excluding hydrogens is 170 g/mol. The minimum absolute atomic E-state index is 0.0903. The maximum Gasteiger partial charge on any atom is 0.343 e. The van der Waals surface area contributed by atoms with E-state index in [1.807, 2.05) is 0 Å². The number of phenols is 1. The molecule has 1 aromatic rings. The van der Waals surface area contributed by atoms with Crippen molar-refractivity contribution < 1.29 is 14.6 Å². The Morgan fingerprint density at radius 2 is 2.31 bits per heavy atom. The van der Waals surface area contributed by atoms with E-state index in [0.717, 1.165) is 0 Å². The van der Waals surface area contributed by atoms with E-state index in [1.165, 1.54) is 25.3 Å². The second-order valence-corrected chi connectivity index (χ2v) is 2.30. The Bertz CT molecular complexity index is 379. The molecule has 0 saturated carbocycles. The number of benzene rings is 1. The number of rotatable bonds is 1. The van der Waals surface area contributed by atoms with Crippen LogP contribution < -0.4 is 0 Å². The maximum atomic E-state index is 11.1. The zero-order chi connectivity index (χ0) is 9.84. The van der Waals surface area contributed by atoms with Crippen LogP contribution in [0.3, 0.4) is 0 Å². The largest absolute Gasteiger partial charge is 0.507 e. The summed E-state index contributed by atoms with van der Waals surface area (Å²) < 4.78 is 4.41. The first-order valence-electron chi connectivity index (χ1n) is 3.51. The summed E-state index contributed by atoms with van der Waals surface area (Å²) in [5, 5.41) is 17.9. The Labute approximate surface area is 75.0 Å². The van der Waals surface area contributed by atoms with Crippen LogP contribution in [0.1, 0.15) is 15.9 Å². The number of hydrogen-bond acceptors (Lipinski definition) is 4. The van der Waals surface area contributed by atoms with Crippen LogP contribution in [0.5, 0.6) is 5.75 Å². The first kappa shape index (κ1) is 9.07. The highest BCUT2D eigenvalue weighted by atomic mass is 16.5. The van der Waals surface area contributed by atoms with Gasteiger partial charge in [0.15, 0.2) is 0 Å². The number of nitriles is 1. The number of hydrogen-bond donors (Lipinski definition) is 1. The zero-order valence-electron chi connectivity index (χ0n) is 6.94. The lowest BCUT2D eigenvalue weighted by Crippen LogP contribution is -2.04. The Kier molecular flexibility index (Phi) is 2.50. The highest BCUT2D eigenvalue weighted by molar-refractivity contribution is 5.95. The van der Waals surface area contributed by atoms with E-state index in [4.69, 9.17) is 5.26 Å². The summed E-state index contributed by atoms with van der Waals surface area (Å²) in [7, 11) is 1.19. The van der Waals surface area contributed by atoms with Gasteiger partial charge in [0.05, 0.1) is 12.7 Å². The van der Waals surface area contributed by atoms with Crippen LogP contribution in [0.25, 0.3) is 0 Å². The average Bonchev–Trinajstić information content (AvgIpc) is 2.16. The van der Waals surface area contributed by atoms with Crippen molar-refractivity contribution in [3.8, 4) is 11.8 Å². The van der Waals surface area contributed by atoms with Crippen molar-refractivity contribution in [1.29, 1.82) is 5.26 Å². The monoisotopic (exact) mass is 177 g/mol. The molecule has 0 saturated heterocycles. The summed E-state index contributed by atoms with van der Waals surface area (Å²) in [6.45, 7) is 0. The van der Waals surface area contributed by atoms with Gasteiger partial charge in [0.25, 0.3) is 0 Å². The molecule has 0 aliphatic carbocycles. The smallest absolute Gasteiger partial charge is 0.343 e. The lowest BCUT2D eigenvalue weighted by molar-refractivity contribution is 0.0597. The zero-order valence-corrected chi connectivity index (χ0v) is 6.94. The fraction of sp³-hybridized carbons (Fsp3) is 0.111. The lowest BCUT2D eigenvalue weighted by Gasteiger charge is -2.03. The number of nitrogens with zero attached hydrogens (tertiary/aromatic N) is 1. The van der Waals surface area contributed by atoms with Gasteiger partial charge in [-0.2, -0.15) is 5.26 Å². The van der Waals surface area contributed by atoms with Crippen LogP contribution in [-0.2, 0) is 4.74 Å². The van der Waals surface area contributed by atoms with E-state index in [-0.39, 0.29) is 16.9 Å². The summed E-state index contributed by atoms with van der Waals surface area (Å²) in [6.07, 6.45) is 0. The molecule has 0 spiro atoms. The maximum absolute atomic E-state index is 11.1. The van der Waals surface area contributed by atoms with E-state index in [2.05, 4.69) is 4.74 Å². The second-order valence-electron chi connectivity index (χ2n) is 2.30. The van der Waals surface area contributed by atoms with Crippen LogP contribution in [0.4, 0.5) is 0 Å². The molecule has 0 aromatic heterocycles. The van der Waals surface area contributed by atoms with Crippen molar-refractivity contribution in [3.05, 3.63) is 29.3 Å². The predicted octanol–water partition coefficient (Wildman–Crippen LogP) is 1.05. The van der Waals surface area contributed by atoms with Crippen LogP contribution in [0.15, 0.2) is 18.2 Å². The minimum atomic E-state index is -0.713. The van der Waals surface area contributed by atoms with Crippen molar-refractivity contribution in [1.82, 2.24) is 0 Å². The highest BCUT2D eigenvalue weighted by Crippen LogP contribution is 2.20. The number of methoxy groups -OCH3 is 1.